The number of methoxy groups -OCH3 is 1. The van der Waals surface area contributed by atoms with Gasteiger partial charge in [0.2, 0.25) is 5.89 Å². The van der Waals surface area contributed by atoms with Gasteiger partial charge in [0.05, 0.1) is 31.7 Å². The van der Waals surface area contributed by atoms with Gasteiger partial charge in [0.1, 0.15) is 5.75 Å². The van der Waals surface area contributed by atoms with Crippen LogP contribution in [0.5, 0.6) is 5.75 Å². The van der Waals surface area contributed by atoms with Crippen molar-refractivity contribution in [2.24, 2.45) is 0 Å². The molecule has 4 aromatic rings. The summed E-state index contributed by atoms with van der Waals surface area (Å²) >= 11 is 1.57. The first kappa shape index (κ1) is 20.8. The first-order valence-corrected chi connectivity index (χ1v) is 11.6. The Kier molecular flexibility index (Phi) is 6.22. The van der Waals surface area contributed by atoms with E-state index in [9.17, 15) is 0 Å². The van der Waals surface area contributed by atoms with Crippen LogP contribution in [-0.4, -0.2) is 39.6 Å². The summed E-state index contributed by atoms with van der Waals surface area (Å²) in [5.74, 6) is 3.63. The van der Waals surface area contributed by atoms with Gasteiger partial charge in [-0.15, -0.1) is 10.2 Å². The number of hydrogen-bond acceptors (Lipinski definition) is 7. The molecule has 0 bridgehead atoms. The summed E-state index contributed by atoms with van der Waals surface area (Å²) in [5.41, 5.74) is 2.00. The molecular formula is C24H24N4O3S. The van der Waals surface area contributed by atoms with Crippen molar-refractivity contribution in [1.82, 2.24) is 19.7 Å². The van der Waals surface area contributed by atoms with Crippen LogP contribution in [0.4, 0.5) is 0 Å². The minimum Gasteiger partial charge on any atom is -0.497 e. The number of thioether (sulfide) groups is 1. The molecule has 0 N–H and O–H groups in total. The topological polar surface area (TPSA) is 75.2 Å². The summed E-state index contributed by atoms with van der Waals surface area (Å²) in [4.78, 5) is 4.44. The molecule has 1 saturated heterocycles. The van der Waals surface area contributed by atoms with Crippen LogP contribution in [0.25, 0.3) is 22.7 Å². The van der Waals surface area contributed by atoms with Crippen LogP contribution < -0.4 is 4.74 Å². The van der Waals surface area contributed by atoms with E-state index < -0.39 is 0 Å². The summed E-state index contributed by atoms with van der Waals surface area (Å²) < 4.78 is 19.3. The van der Waals surface area contributed by atoms with Gasteiger partial charge in [0, 0.05) is 17.7 Å². The molecule has 1 aliphatic rings. The van der Waals surface area contributed by atoms with Gasteiger partial charge in [-0.3, -0.25) is 4.57 Å². The van der Waals surface area contributed by atoms with E-state index in [-0.39, 0.29) is 6.10 Å². The molecule has 1 aliphatic heterocycles. The van der Waals surface area contributed by atoms with Crippen LogP contribution in [0.2, 0.25) is 0 Å². The second kappa shape index (κ2) is 9.58. The Morgan fingerprint density at radius 3 is 2.66 bits per heavy atom. The highest BCUT2D eigenvalue weighted by molar-refractivity contribution is 7.98. The largest absolute Gasteiger partial charge is 0.497 e. The molecule has 8 heteroatoms. The molecule has 32 heavy (non-hydrogen) atoms. The van der Waals surface area contributed by atoms with Gasteiger partial charge in [-0.2, -0.15) is 0 Å². The Balaban J connectivity index is 1.37. The predicted octanol–water partition coefficient (Wildman–Crippen LogP) is 5.08. The van der Waals surface area contributed by atoms with Crippen molar-refractivity contribution in [2.75, 3.05) is 13.7 Å². The lowest BCUT2D eigenvalue weighted by molar-refractivity contribution is 0.0953. The number of aromatic nitrogens is 4. The Labute approximate surface area is 190 Å². The van der Waals surface area contributed by atoms with Gasteiger partial charge in [-0.25, -0.2) is 4.98 Å². The maximum atomic E-state index is 5.95. The normalized spacial score (nSPS) is 15.8. The third kappa shape index (κ3) is 4.56. The van der Waals surface area contributed by atoms with E-state index >= 15 is 0 Å². The number of hydrogen-bond donors (Lipinski definition) is 0. The molecule has 7 nitrogen and oxygen atoms in total. The molecule has 2 aromatic carbocycles. The Morgan fingerprint density at radius 2 is 1.91 bits per heavy atom. The van der Waals surface area contributed by atoms with Crippen LogP contribution in [0.15, 0.2) is 70.4 Å². The lowest BCUT2D eigenvalue weighted by atomic mass is 10.2. The molecule has 0 aliphatic carbocycles. The monoisotopic (exact) mass is 448 g/mol. The molecule has 1 fully saturated rings. The van der Waals surface area contributed by atoms with E-state index in [0.29, 0.717) is 11.6 Å². The van der Waals surface area contributed by atoms with Gasteiger partial charge in [0.15, 0.2) is 16.7 Å². The first-order chi connectivity index (χ1) is 15.8. The molecule has 2 aromatic heterocycles. The van der Waals surface area contributed by atoms with Crippen molar-refractivity contribution in [1.29, 1.82) is 0 Å². The summed E-state index contributed by atoms with van der Waals surface area (Å²) in [6.45, 7) is 1.53. The zero-order chi connectivity index (χ0) is 21.8. The molecule has 0 spiro atoms. The average Bonchev–Trinajstić information content (AvgIpc) is 3.61. The second-order valence-corrected chi connectivity index (χ2v) is 8.50. The number of benzene rings is 2. The predicted molar refractivity (Wildman–Crippen MR) is 122 cm³/mol. The van der Waals surface area contributed by atoms with Crippen molar-refractivity contribution in [3.05, 3.63) is 66.7 Å². The van der Waals surface area contributed by atoms with E-state index in [2.05, 4.69) is 19.7 Å². The highest BCUT2D eigenvalue weighted by Crippen LogP contribution is 2.30. The molecule has 0 radical (unpaired) electrons. The fourth-order valence-corrected chi connectivity index (χ4v) is 4.55. The molecule has 5 rings (SSSR count). The lowest BCUT2D eigenvalue weighted by Gasteiger charge is -2.14. The third-order valence-electron chi connectivity index (χ3n) is 5.41. The zero-order valence-corrected chi connectivity index (χ0v) is 18.6. The van der Waals surface area contributed by atoms with Crippen LogP contribution in [0.1, 0.15) is 18.7 Å². The van der Waals surface area contributed by atoms with E-state index in [1.54, 1.807) is 25.1 Å². The second-order valence-electron chi connectivity index (χ2n) is 7.55. The van der Waals surface area contributed by atoms with Gasteiger partial charge in [-0.1, -0.05) is 42.1 Å². The molecule has 1 atom stereocenters. The zero-order valence-electron chi connectivity index (χ0n) is 17.8. The number of nitrogens with zero attached hydrogens (tertiary/aromatic N) is 4. The highest BCUT2D eigenvalue weighted by atomic mass is 32.2. The maximum Gasteiger partial charge on any atom is 0.205 e. The summed E-state index contributed by atoms with van der Waals surface area (Å²) in [6.07, 6.45) is 4.08. The van der Waals surface area contributed by atoms with Crippen LogP contribution >= 0.6 is 11.8 Å². The molecular weight excluding hydrogens is 424 g/mol. The summed E-state index contributed by atoms with van der Waals surface area (Å²) in [5, 5.41) is 9.80. The average molecular weight is 449 g/mol. The Hall–Kier alpha value is -3.10. The Morgan fingerprint density at radius 1 is 1.06 bits per heavy atom. The standard InChI is InChI=1S/C24H24N4O3S/c1-29-19-11-9-18(10-12-19)23-26-27-24(28(23)15-20-8-5-13-30-20)32-16-22-25-14-21(31-22)17-6-3-2-4-7-17/h2-4,6-7,9-12,14,20H,5,8,13,15-16H2,1H3/t20-/m1/s1. The van der Waals surface area contributed by atoms with Crippen molar-refractivity contribution >= 4 is 11.8 Å². The van der Waals surface area contributed by atoms with Crippen molar-refractivity contribution in [2.45, 2.75) is 36.4 Å². The van der Waals surface area contributed by atoms with Gasteiger partial charge < -0.3 is 13.9 Å². The molecule has 0 amide bonds. The summed E-state index contributed by atoms with van der Waals surface area (Å²) in [7, 11) is 1.66. The highest BCUT2D eigenvalue weighted by Gasteiger charge is 2.22. The van der Waals surface area contributed by atoms with Gasteiger partial charge >= 0.3 is 0 Å². The van der Waals surface area contributed by atoms with Crippen LogP contribution in [0, 0.1) is 0 Å². The number of rotatable bonds is 8. The van der Waals surface area contributed by atoms with E-state index in [4.69, 9.17) is 13.9 Å². The Bertz CT molecular complexity index is 1150. The smallest absolute Gasteiger partial charge is 0.205 e. The van der Waals surface area contributed by atoms with E-state index in [1.165, 1.54) is 0 Å². The van der Waals surface area contributed by atoms with Crippen LogP contribution in [0.3, 0.4) is 0 Å². The van der Waals surface area contributed by atoms with Crippen molar-refractivity contribution < 1.29 is 13.9 Å². The van der Waals surface area contributed by atoms with E-state index in [1.807, 2.05) is 54.6 Å². The fraction of sp³-hybridized carbons (Fsp3) is 0.292. The summed E-state index contributed by atoms with van der Waals surface area (Å²) in [6, 6.07) is 17.9. The molecule has 0 saturated carbocycles. The molecule has 164 valence electrons. The molecule has 0 unspecified atom stereocenters. The maximum absolute atomic E-state index is 5.95. The van der Waals surface area contributed by atoms with Gasteiger partial charge in [0.25, 0.3) is 0 Å². The third-order valence-corrected chi connectivity index (χ3v) is 6.36. The number of ether oxygens (including phenoxy) is 2. The van der Waals surface area contributed by atoms with Gasteiger partial charge in [-0.05, 0) is 37.1 Å². The lowest BCUT2D eigenvalue weighted by Crippen LogP contribution is -2.16. The first-order valence-electron chi connectivity index (χ1n) is 10.6. The SMILES string of the molecule is COc1ccc(-c2nnc(SCc3ncc(-c4ccccc4)o3)n2C[C@H]2CCCO2)cc1. The quantitative estimate of drug-likeness (QED) is 0.348. The minimum atomic E-state index is 0.175. The minimum absolute atomic E-state index is 0.175. The van der Waals surface area contributed by atoms with Crippen molar-refractivity contribution in [3.63, 3.8) is 0 Å². The molecule has 3 heterocycles. The van der Waals surface area contributed by atoms with E-state index in [0.717, 1.165) is 59.6 Å². The fourth-order valence-electron chi connectivity index (χ4n) is 3.74. The van der Waals surface area contributed by atoms with Crippen molar-refractivity contribution in [3.8, 4) is 28.5 Å². The number of oxazole rings is 1. The van der Waals surface area contributed by atoms with Crippen LogP contribution in [-0.2, 0) is 17.0 Å².